The number of phenolic OH excluding ortho intramolecular Hbond substituents is 1. The molecule has 30 heavy (non-hydrogen) atoms. The van der Waals surface area contributed by atoms with Crippen LogP contribution in [0.4, 0.5) is 0 Å². The molecule has 2 aliphatic heterocycles. The number of nitrogens with zero attached hydrogens (tertiary/aromatic N) is 1. The van der Waals surface area contributed by atoms with Gasteiger partial charge in [0.1, 0.15) is 22.8 Å². The molecule has 0 saturated carbocycles. The molecule has 154 valence electrons. The van der Waals surface area contributed by atoms with E-state index in [0.717, 1.165) is 35.9 Å². The van der Waals surface area contributed by atoms with Crippen molar-refractivity contribution in [3.05, 3.63) is 64.6 Å². The number of carbonyl (C=O) groups is 1. The number of Topliss-reactive ketones (excluding diaryl/α,β-unsaturated/α-hetero) is 1. The number of phenols is 1. The number of ether oxygens (including phenoxy) is 1. The number of piperidine rings is 1. The average Bonchev–Trinajstić information content (AvgIpc) is 3.27. The highest BCUT2D eigenvalue weighted by atomic mass is 16.5. The summed E-state index contributed by atoms with van der Waals surface area (Å²) in [6.45, 7) is 5.60. The maximum atomic E-state index is 13.1. The molecule has 0 unspecified atom stereocenters. The molecule has 5 heteroatoms. The predicted molar refractivity (Wildman–Crippen MR) is 116 cm³/mol. The number of para-hydroxylation sites is 1. The Hall–Kier alpha value is -3.05. The number of furan rings is 1. The fourth-order valence-electron chi connectivity index (χ4n) is 4.53. The maximum Gasteiger partial charge on any atom is 0.232 e. The number of allylic oxidation sites excluding steroid dienone is 1. The molecule has 0 amide bonds. The maximum absolute atomic E-state index is 13.1. The Morgan fingerprint density at radius 1 is 1.23 bits per heavy atom. The van der Waals surface area contributed by atoms with Crippen molar-refractivity contribution < 1.29 is 19.1 Å². The molecule has 3 heterocycles. The van der Waals surface area contributed by atoms with E-state index in [-0.39, 0.29) is 17.3 Å². The van der Waals surface area contributed by atoms with Crippen molar-refractivity contribution in [2.75, 3.05) is 6.54 Å². The number of ketones is 1. The first-order chi connectivity index (χ1) is 14.5. The number of hydrogen-bond acceptors (Lipinski definition) is 5. The molecular formula is C25H25NO4. The fraction of sp³-hybridized carbons (Fsp3) is 0.320. The average molecular weight is 403 g/mol. The molecule has 2 aromatic carbocycles. The minimum absolute atomic E-state index is 0.170. The van der Waals surface area contributed by atoms with Gasteiger partial charge in [0.05, 0.1) is 11.1 Å². The molecule has 0 spiro atoms. The van der Waals surface area contributed by atoms with Gasteiger partial charge >= 0.3 is 0 Å². The van der Waals surface area contributed by atoms with Crippen LogP contribution >= 0.6 is 0 Å². The lowest BCUT2D eigenvalue weighted by molar-refractivity contribution is 0.101. The zero-order valence-corrected chi connectivity index (χ0v) is 17.3. The summed E-state index contributed by atoms with van der Waals surface area (Å²) in [5.41, 5.74) is 2.71. The van der Waals surface area contributed by atoms with Crippen LogP contribution in [-0.2, 0) is 6.54 Å². The van der Waals surface area contributed by atoms with Crippen molar-refractivity contribution >= 4 is 22.8 Å². The molecule has 1 N–H and O–H groups in total. The number of fused-ring (bicyclic) bond motifs is 2. The van der Waals surface area contributed by atoms with Crippen LogP contribution in [0.3, 0.4) is 0 Å². The molecule has 1 saturated heterocycles. The van der Waals surface area contributed by atoms with E-state index in [9.17, 15) is 9.90 Å². The van der Waals surface area contributed by atoms with Crippen molar-refractivity contribution in [3.63, 3.8) is 0 Å². The highest BCUT2D eigenvalue weighted by Crippen LogP contribution is 2.43. The third kappa shape index (κ3) is 3.19. The lowest BCUT2D eigenvalue weighted by Gasteiger charge is -2.33. The summed E-state index contributed by atoms with van der Waals surface area (Å²) >= 11 is 0. The van der Waals surface area contributed by atoms with E-state index in [2.05, 4.69) is 11.8 Å². The molecular weight excluding hydrogens is 378 g/mol. The van der Waals surface area contributed by atoms with Gasteiger partial charge in [-0.2, -0.15) is 0 Å². The Kier molecular flexibility index (Phi) is 4.63. The number of aryl methyl sites for hydroxylation is 1. The summed E-state index contributed by atoms with van der Waals surface area (Å²) in [5, 5.41) is 11.6. The van der Waals surface area contributed by atoms with Crippen molar-refractivity contribution in [1.29, 1.82) is 0 Å². The van der Waals surface area contributed by atoms with Crippen molar-refractivity contribution in [2.24, 2.45) is 0 Å². The zero-order chi connectivity index (χ0) is 20.8. The third-order valence-corrected chi connectivity index (χ3v) is 6.24. The van der Waals surface area contributed by atoms with E-state index in [1.165, 1.54) is 6.42 Å². The minimum Gasteiger partial charge on any atom is -0.507 e. The first-order valence-corrected chi connectivity index (χ1v) is 10.5. The standard InChI is InChI=1S/C25H25NO4/c1-15-11-20(27)19(14-26-10-6-5-7-16(26)2)25-23(15)24(28)22(30-25)13-18-12-17-8-3-4-9-21(17)29-18/h3-4,8-9,11-13,16,27H,5-7,10,14H2,1-2H3/t16-/m0/s1. The van der Waals surface area contributed by atoms with Gasteiger partial charge in [-0.1, -0.05) is 24.6 Å². The summed E-state index contributed by atoms with van der Waals surface area (Å²) in [4.78, 5) is 15.5. The normalized spacial score (nSPS) is 20.7. The van der Waals surface area contributed by atoms with Gasteiger partial charge in [0, 0.05) is 24.0 Å². The number of benzene rings is 2. The molecule has 0 bridgehead atoms. The fourth-order valence-corrected chi connectivity index (χ4v) is 4.53. The smallest absolute Gasteiger partial charge is 0.232 e. The van der Waals surface area contributed by atoms with E-state index in [0.29, 0.717) is 35.2 Å². The molecule has 5 nitrogen and oxygen atoms in total. The van der Waals surface area contributed by atoms with Crippen LogP contribution in [0.25, 0.3) is 17.0 Å². The lowest BCUT2D eigenvalue weighted by Crippen LogP contribution is -2.36. The largest absolute Gasteiger partial charge is 0.507 e. The van der Waals surface area contributed by atoms with Crippen LogP contribution in [0.15, 0.2) is 46.6 Å². The Morgan fingerprint density at radius 3 is 2.87 bits per heavy atom. The van der Waals surface area contributed by atoms with Gasteiger partial charge in [-0.15, -0.1) is 0 Å². The van der Waals surface area contributed by atoms with E-state index in [1.807, 2.05) is 37.3 Å². The lowest BCUT2D eigenvalue weighted by atomic mass is 9.97. The predicted octanol–water partition coefficient (Wildman–Crippen LogP) is 5.44. The van der Waals surface area contributed by atoms with Crippen molar-refractivity contribution in [1.82, 2.24) is 4.90 Å². The molecule has 3 aromatic rings. The molecule has 1 aromatic heterocycles. The van der Waals surface area contributed by atoms with Gasteiger partial charge in [-0.05, 0) is 57.0 Å². The second kappa shape index (κ2) is 7.33. The zero-order valence-electron chi connectivity index (χ0n) is 17.3. The summed E-state index contributed by atoms with van der Waals surface area (Å²) in [6, 6.07) is 11.7. The van der Waals surface area contributed by atoms with Gasteiger partial charge in [0.2, 0.25) is 5.78 Å². The quantitative estimate of drug-likeness (QED) is 0.590. The monoisotopic (exact) mass is 403 g/mol. The van der Waals surface area contributed by atoms with Crippen molar-refractivity contribution in [2.45, 2.75) is 45.7 Å². The molecule has 1 atom stereocenters. The number of likely N-dealkylation sites (tertiary alicyclic amines) is 1. The van der Waals surface area contributed by atoms with Gasteiger partial charge in [0.15, 0.2) is 5.76 Å². The summed E-state index contributed by atoms with van der Waals surface area (Å²) in [6.07, 6.45) is 5.17. The third-order valence-electron chi connectivity index (χ3n) is 6.24. The van der Waals surface area contributed by atoms with Crippen LogP contribution in [0, 0.1) is 6.92 Å². The molecule has 2 aliphatic rings. The highest BCUT2D eigenvalue weighted by Gasteiger charge is 2.34. The van der Waals surface area contributed by atoms with Gasteiger partial charge in [-0.25, -0.2) is 0 Å². The van der Waals surface area contributed by atoms with Crippen LogP contribution in [0.5, 0.6) is 11.5 Å². The van der Waals surface area contributed by atoms with Gasteiger partial charge in [0.25, 0.3) is 0 Å². The number of carbonyl (C=O) groups excluding carboxylic acids is 1. The summed E-state index contributed by atoms with van der Waals surface area (Å²) < 4.78 is 11.9. The summed E-state index contributed by atoms with van der Waals surface area (Å²) in [5.74, 6) is 1.29. The van der Waals surface area contributed by atoms with E-state index >= 15 is 0 Å². The van der Waals surface area contributed by atoms with Crippen LogP contribution < -0.4 is 4.74 Å². The number of aromatic hydroxyl groups is 1. The Labute approximate surface area is 175 Å². The Morgan fingerprint density at radius 2 is 2.07 bits per heavy atom. The van der Waals surface area contributed by atoms with Crippen LogP contribution in [-0.4, -0.2) is 28.4 Å². The first kappa shape index (κ1) is 18.9. The number of rotatable bonds is 3. The molecule has 5 rings (SSSR count). The second-order valence-corrected chi connectivity index (χ2v) is 8.34. The Bertz CT molecular complexity index is 1140. The van der Waals surface area contributed by atoms with Gasteiger partial charge in [-0.3, -0.25) is 9.69 Å². The first-order valence-electron chi connectivity index (χ1n) is 10.5. The van der Waals surface area contributed by atoms with E-state index < -0.39 is 0 Å². The van der Waals surface area contributed by atoms with E-state index in [4.69, 9.17) is 9.15 Å². The highest BCUT2D eigenvalue weighted by molar-refractivity contribution is 6.15. The summed E-state index contributed by atoms with van der Waals surface area (Å²) in [7, 11) is 0. The topological polar surface area (TPSA) is 62.9 Å². The van der Waals surface area contributed by atoms with Crippen LogP contribution in [0.2, 0.25) is 0 Å². The molecule has 1 fully saturated rings. The molecule has 0 aliphatic carbocycles. The van der Waals surface area contributed by atoms with Crippen LogP contribution in [0.1, 0.15) is 53.4 Å². The molecule has 0 radical (unpaired) electrons. The Balaban J connectivity index is 1.52. The second-order valence-electron chi connectivity index (χ2n) is 8.34. The SMILES string of the molecule is Cc1cc(O)c(CN2CCCC[C@@H]2C)c2c1C(=O)C(=Cc1cc3ccccc3o1)O2. The number of hydrogen-bond donors (Lipinski definition) is 1. The minimum atomic E-state index is -0.170. The van der Waals surface area contributed by atoms with Gasteiger partial charge < -0.3 is 14.3 Å². The van der Waals surface area contributed by atoms with Crippen molar-refractivity contribution in [3.8, 4) is 11.5 Å². The van der Waals surface area contributed by atoms with E-state index in [1.54, 1.807) is 12.1 Å².